The Labute approximate surface area is 325 Å². The van der Waals surface area contributed by atoms with Crippen LogP contribution in [0.25, 0.3) is 33.3 Å². The third kappa shape index (κ3) is 9.74. The predicted molar refractivity (Wildman–Crippen MR) is 214 cm³/mol. The van der Waals surface area contributed by atoms with E-state index in [0.717, 1.165) is 56.7 Å². The lowest BCUT2D eigenvalue weighted by Gasteiger charge is -2.34. The van der Waals surface area contributed by atoms with E-state index < -0.39 is 23.7 Å². The number of pyridine rings is 1. The van der Waals surface area contributed by atoms with Crippen LogP contribution in [0.5, 0.6) is 0 Å². The number of carbonyl (C=O) groups excluding carboxylic acids is 3. The summed E-state index contributed by atoms with van der Waals surface area (Å²) in [5.74, 6) is -1.02. The number of amides is 2. The van der Waals surface area contributed by atoms with Crippen molar-refractivity contribution in [1.82, 2.24) is 19.8 Å². The van der Waals surface area contributed by atoms with Crippen molar-refractivity contribution in [1.29, 1.82) is 0 Å². The molecule has 3 heterocycles. The van der Waals surface area contributed by atoms with Crippen LogP contribution in [0.3, 0.4) is 0 Å². The number of aromatic nitrogens is 2. The highest BCUT2D eigenvalue weighted by molar-refractivity contribution is 5.95. The van der Waals surface area contributed by atoms with Gasteiger partial charge in [-0.05, 0) is 106 Å². The molecule has 0 bridgehead atoms. The minimum atomic E-state index is -0.916. The third-order valence-corrected chi connectivity index (χ3v) is 10.4. The van der Waals surface area contributed by atoms with Crippen LogP contribution in [0.4, 0.5) is 4.79 Å². The van der Waals surface area contributed by atoms with Crippen LogP contribution in [-0.4, -0.2) is 83.1 Å². The number of aryl methyl sites for hydroxylation is 1. The Morgan fingerprint density at radius 3 is 2.44 bits per heavy atom. The standard InChI is InChI=1S/C44H58N4O7/c1-10-48-37-19-18-31(24-34(37)35(25-44(6,7)27-49)39(48)33-17-12-20-45-38(33)28(2)53-8)30-15-11-14-29(22-30)23-36(46-42(52)55-43(3,4)5)40(50)47-21-13-16-32(26-47)41(51)54-9/h11-12,14-15,17-20,22,24,28,32,36,49H,10,13,16,21,23,25-27H2,1-9H3,(H,46,52)/t28-,32+,36-/m0/s1. The van der Waals surface area contributed by atoms with Crippen LogP contribution in [0.1, 0.15) is 84.2 Å². The number of benzene rings is 2. The molecule has 2 amide bonds. The van der Waals surface area contributed by atoms with E-state index in [9.17, 15) is 19.5 Å². The lowest BCUT2D eigenvalue weighted by Crippen LogP contribution is -2.53. The van der Waals surface area contributed by atoms with Crippen LogP contribution in [0, 0.1) is 11.3 Å². The van der Waals surface area contributed by atoms with E-state index in [-0.39, 0.29) is 43.0 Å². The van der Waals surface area contributed by atoms with Gasteiger partial charge in [-0.25, -0.2) is 4.79 Å². The van der Waals surface area contributed by atoms with Crippen LogP contribution in [0.2, 0.25) is 0 Å². The van der Waals surface area contributed by atoms with Crippen molar-refractivity contribution in [3.63, 3.8) is 0 Å². The lowest BCUT2D eigenvalue weighted by atomic mass is 9.84. The first-order valence-electron chi connectivity index (χ1n) is 19.3. The molecule has 296 valence electrons. The third-order valence-electron chi connectivity index (χ3n) is 10.4. The zero-order valence-electron chi connectivity index (χ0n) is 33.9. The van der Waals surface area contributed by atoms with Crippen LogP contribution >= 0.6 is 0 Å². The number of carbonyl (C=O) groups is 3. The molecular formula is C44H58N4O7. The quantitative estimate of drug-likeness (QED) is 0.134. The first kappa shape index (κ1) is 41.4. The molecule has 4 aromatic rings. The highest BCUT2D eigenvalue weighted by Gasteiger charge is 2.34. The predicted octanol–water partition coefficient (Wildman–Crippen LogP) is 7.51. The number of hydrogen-bond acceptors (Lipinski definition) is 8. The van der Waals surface area contributed by atoms with Crippen molar-refractivity contribution in [2.24, 2.45) is 11.3 Å². The molecule has 5 rings (SSSR count). The molecule has 2 aromatic carbocycles. The monoisotopic (exact) mass is 754 g/mol. The van der Waals surface area contributed by atoms with Crippen molar-refractivity contribution in [2.45, 2.75) is 98.4 Å². The molecule has 3 atom stereocenters. The second kappa shape index (κ2) is 17.4. The molecule has 0 saturated carbocycles. The SMILES string of the molecule is CCn1c(-c2cccnc2[C@H](C)OC)c(CC(C)(C)CO)c2cc(-c3cccc(C[C@H](NC(=O)OC(C)(C)C)C(=O)N4CCC[C@@H](C(=O)OC)C4)c3)ccc21. The maximum Gasteiger partial charge on any atom is 0.408 e. The Hall–Kier alpha value is -4.74. The van der Waals surface area contributed by atoms with Gasteiger partial charge in [0.05, 0.1) is 30.5 Å². The molecule has 11 nitrogen and oxygen atoms in total. The highest BCUT2D eigenvalue weighted by atomic mass is 16.6. The fourth-order valence-corrected chi connectivity index (χ4v) is 7.53. The number of ether oxygens (including phenoxy) is 3. The van der Waals surface area contributed by atoms with Gasteiger partial charge >= 0.3 is 12.1 Å². The number of likely N-dealkylation sites (tertiary alicyclic amines) is 1. The fourth-order valence-electron chi connectivity index (χ4n) is 7.53. The second-order valence-electron chi connectivity index (χ2n) is 16.4. The number of nitrogens with one attached hydrogen (secondary N) is 1. The van der Waals surface area contributed by atoms with Gasteiger partial charge in [0.1, 0.15) is 11.6 Å². The van der Waals surface area contributed by atoms with Crippen LogP contribution < -0.4 is 5.32 Å². The van der Waals surface area contributed by atoms with E-state index in [2.05, 4.69) is 61.0 Å². The molecule has 1 aliphatic rings. The molecule has 1 fully saturated rings. The number of hydrogen-bond donors (Lipinski definition) is 2. The molecule has 0 aliphatic carbocycles. The first-order valence-corrected chi connectivity index (χ1v) is 19.3. The number of aliphatic hydroxyl groups is 1. The summed E-state index contributed by atoms with van der Waals surface area (Å²) in [6, 6.07) is 17.6. The summed E-state index contributed by atoms with van der Waals surface area (Å²) in [6.45, 7) is 15.1. The Balaban J connectivity index is 1.56. The largest absolute Gasteiger partial charge is 0.469 e. The van der Waals surface area contributed by atoms with E-state index in [0.29, 0.717) is 25.8 Å². The minimum absolute atomic E-state index is 0.0271. The normalized spacial score (nSPS) is 16.1. The van der Waals surface area contributed by atoms with Crippen LogP contribution in [0.15, 0.2) is 60.8 Å². The van der Waals surface area contributed by atoms with Gasteiger partial charge < -0.3 is 34.1 Å². The van der Waals surface area contributed by atoms with Gasteiger partial charge in [-0.1, -0.05) is 44.2 Å². The molecule has 0 unspecified atom stereocenters. The lowest BCUT2D eigenvalue weighted by molar-refractivity contribution is -0.149. The average Bonchev–Trinajstić information content (AvgIpc) is 3.47. The van der Waals surface area contributed by atoms with Gasteiger partial charge in [-0.3, -0.25) is 14.6 Å². The van der Waals surface area contributed by atoms with E-state index in [1.165, 1.54) is 7.11 Å². The molecule has 2 aromatic heterocycles. The summed E-state index contributed by atoms with van der Waals surface area (Å²) in [4.78, 5) is 45.9. The van der Waals surface area contributed by atoms with Crippen molar-refractivity contribution < 1.29 is 33.7 Å². The molecule has 0 radical (unpaired) electrons. The average molecular weight is 755 g/mol. The number of fused-ring (bicyclic) bond motifs is 1. The number of aliphatic hydroxyl groups excluding tert-OH is 1. The van der Waals surface area contributed by atoms with Gasteiger partial charge in [0.25, 0.3) is 0 Å². The summed E-state index contributed by atoms with van der Waals surface area (Å²) in [6.07, 6.45) is 3.06. The second-order valence-corrected chi connectivity index (χ2v) is 16.4. The topological polar surface area (TPSA) is 132 Å². The molecular weight excluding hydrogens is 697 g/mol. The van der Waals surface area contributed by atoms with Gasteiger partial charge in [0, 0.05) is 62.4 Å². The Kier molecular flexibility index (Phi) is 13.1. The maximum absolute atomic E-state index is 14.1. The van der Waals surface area contributed by atoms with Crippen molar-refractivity contribution in [3.8, 4) is 22.4 Å². The molecule has 2 N–H and O–H groups in total. The van der Waals surface area contributed by atoms with E-state index in [1.807, 2.05) is 31.2 Å². The fraction of sp³-hybridized carbons (Fsp3) is 0.500. The molecule has 1 saturated heterocycles. The zero-order valence-corrected chi connectivity index (χ0v) is 33.9. The summed E-state index contributed by atoms with van der Waals surface area (Å²) in [5.41, 5.74) is 6.81. The van der Waals surface area contributed by atoms with Gasteiger partial charge in [0.15, 0.2) is 0 Å². The summed E-state index contributed by atoms with van der Waals surface area (Å²) >= 11 is 0. The van der Waals surface area contributed by atoms with E-state index in [4.69, 9.17) is 19.2 Å². The number of piperidine rings is 1. The van der Waals surface area contributed by atoms with E-state index in [1.54, 1.807) is 39.0 Å². The Morgan fingerprint density at radius 2 is 1.76 bits per heavy atom. The summed E-state index contributed by atoms with van der Waals surface area (Å²) in [7, 11) is 3.05. The molecule has 0 spiro atoms. The maximum atomic E-state index is 14.1. The van der Waals surface area contributed by atoms with E-state index >= 15 is 0 Å². The highest BCUT2D eigenvalue weighted by Crippen LogP contribution is 2.41. The number of alkyl carbamates (subject to hydrolysis) is 1. The zero-order chi connectivity index (χ0) is 40.1. The van der Waals surface area contributed by atoms with Crippen molar-refractivity contribution in [3.05, 3.63) is 77.6 Å². The Morgan fingerprint density at radius 1 is 1.02 bits per heavy atom. The van der Waals surface area contributed by atoms with Gasteiger partial charge in [0.2, 0.25) is 5.91 Å². The number of rotatable bonds is 13. The van der Waals surface area contributed by atoms with Crippen LogP contribution in [-0.2, 0) is 43.2 Å². The number of nitrogens with zero attached hydrogens (tertiary/aromatic N) is 3. The summed E-state index contributed by atoms with van der Waals surface area (Å²) in [5, 5.41) is 14.4. The van der Waals surface area contributed by atoms with Gasteiger partial charge in [-0.2, -0.15) is 0 Å². The smallest absolute Gasteiger partial charge is 0.408 e. The number of methoxy groups -OCH3 is 2. The van der Waals surface area contributed by atoms with Gasteiger partial charge in [-0.15, -0.1) is 0 Å². The van der Waals surface area contributed by atoms with Crippen molar-refractivity contribution in [2.75, 3.05) is 33.9 Å². The van der Waals surface area contributed by atoms with Crippen molar-refractivity contribution >= 4 is 28.9 Å². The summed E-state index contributed by atoms with van der Waals surface area (Å²) < 4.78 is 18.6. The molecule has 55 heavy (non-hydrogen) atoms. The Bertz CT molecular complexity index is 2000. The number of esters is 1. The molecule has 1 aliphatic heterocycles. The first-order chi connectivity index (χ1) is 26.1. The molecule has 11 heteroatoms. The minimum Gasteiger partial charge on any atom is -0.469 e.